The fourth-order valence-electron chi connectivity index (χ4n) is 4.87. The number of nitrogens with zero attached hydrogens (tertiary/aromatic N) is 4. The topological polar surface area (TPSA) is 109 Å². The molecule has 4 N–H and O–H groups in total. The van der Waals surface area contributed by atoms with E-state index in [0.717, 1.165) is 68.6 Å². The first-order chi connectivity index (χ1) is 14.1. The quantitative estimate of drug-likeness (QED) is 0.735. The van der Waals surface area contributed by atoms with E-state index in [1.807, 2.05) is 12.1 Å². The van der Waals surface area contributed by atoms with Crippen molar-refractivity contribution in [2.24, 2.45) is 5.73 Å². The van der Waals surface area contributed by atoms with Gasteiger partial charge in [0.2, 0.25) is 17.8 Å². The molecule has 5 rings (SSSR count). The maximum absolute atomic E-state index is 12.7. The zero-order valence-electron chi connectivity index (χ0n) is 16.5. The number of carbonyl (C=O) groups is 1. The van der Waals surface area contributed by atoms with Gasteiger partial charge in [-0.1, -0.05) is 19.3 Å². The largest absolute Gasteiger partial charge is 0.341 e. The van der Waals surface area contributed by atoms with Crippen LogP contribution in [0.2, 0.25) is 0 Å². The van der Waals surface area contributed by atoms with Crippen molar-refractivity contribution in [2.75, 3.05) is 28.6 Å². The van der Waals surface area contributed by atoms with Gasteiger partial charge in [-0.2, -0.15) is 4.98 Å². The lowest BCUT2D eigenvalue weighted by Crippen LogP contribution is -2.40. The average molecular weight is 393 g/mol. The van der Waals surface area contributed by atoms with Gasteiger partial charge in [-0.05, 0) is 49.4 Å². The highest BCUT2D eigenvalue weighted by atomic mass is 16.2. The Morgan fingerprint density at radius 1 is 1.14 bits per heavy atom. The summed E-state index contributed by atoms with van der Waals surface area (Å²) in [5.41, 5.74) is 8.55. The van der Waals surface area contributed by atoms with Crippen LogP contribution in [0.5, 0.6) is 0 Å². The van der Waals surface area contributed by atoms with E-state index in [4.69, 9.17) is 5.73 Å². The van der Waals surface area contributed by atoms with Crippen molar-refractivity contribution in [2.45, 2.75) is 56.4 Å². The van der Waals surface area contributed by atoms with Gasteiger partial charge in [-0.25, -0.2) is 9.97 Å². The first-order valence-corrected chi connectivity index (χ1v) is 10.6. The van der Waals surface area contributed by atoms with Crippen molar-refractivity contribution in [3.8, 4) is 0 Å². The van der Waals surface area contributed by atoms with E-state index >= 15 is 0 Å². The van der Waals surface area contributed by atoms with Gasteiger partial charge in [0.1, 0.15) is 6.33 Å². The van der Waals surface area contributed by atoms with Gasteiger partial charge in [0, 0.05) is 30.5 Å². The molecular weight excluding hydrogens is 366 g/mol. The number of anilines is 4. The van der Waals surface area contributed by atoms with E-state index in [1.54, 1.807) is 6.33 Å². The number of rotatable bonds is 3. The van der Waals surface area contributed by atoms with E-state index in [1.165, 1.54) is 6.42 Å². The Kier molecular flexibility index (Phi) is 4.58. The van der Waals surface area contributed by atoms with Crippen LogP contribution >= 0.6 is 0 Å². The molecule has 1 aromatic heterocycles. The molecular formula is C21H27N7O. The summed E-state index contributed by atoms with van der Waals surface area (Å²) in [6.07, 6.45) is 8.68. The maximum Gasteiger partial charge on any atom is 0.235 e. The number of carbonyl (C=O) groups excluding carboxylic acids is 1. The highest BCUT2D eigenvalue weighted by molar-refractivity contribution is 6.06. The van der Waals surface area contributed by atoms with E-state index in [0.29, 0.717) is 11.9 Å². The number of piperidine rings is 1. The van der Waals surface area contributed by atoms with Gasteiger partial charge in [0.25, 0.3) is 0 Å². The lowest BCUT2D eigenvalue weighted by Gasteiger charge is -2.31. The van der Waals surface area contributed by atoms with Crippen molar-refractivity contribution < 1.29 is 4.79 Å². The van der Waals surface area contributed by atoms with E-state index in [2.05, 4.69) is 36.6 Å². The molecule has 1 spiro atoms. The highest BCUT2D eigenvalue weighted by Gasteiger charge is 2.47. The van der Waals surface area contributed by atoms with Crippen LogP contribution in [0.25, 0.3) is 0 Å². The molecule has 2 fully saturated rings. The molecule has 3 aliphatic rings. The maximum atomic E-state index is 12.7. The molecule has 0 unspecified atom stereocenters. The average Bonchev–Trinajstić information content (AvgIpc) is 3.00. The van der Waals surface area contributed by atoms with Crippen molar-refractivity contribution in [1.82, 2.24) is 15.0 Å². The molecule has 1 saturated carbocycles. The number of aromatic nitrogens is 3. The molecule has 1 aromatic carbocycles. The Balaban J connectivity index is 1.38. The van der Waals surface area contributed by atoms with Crippen LogP contribution in [0.3, 0.4) is 0 Å². The molecule has 0 atom stereocenters. The lowest BCUT2D eigenvalue weighted by molar-refractivity contribution is -0.121. The Morgan fingerprint density at radius 3 is 2.72 bits per heavy atom. The number of nitrogens with one attached hydrogen (secondary N) is 2. The van der Waals surface area contributed by atoms with E-state index in [9.17, 15) is 4.79 Å². The number of nitrogens with two attached hydrogens (primary N) is 1. The molecule has 2 aromatic rings. The van der Waals surface area contributed by atoms with Crippen molar-refractivity contribution in [3.63, 3.8) is 0 Å². The van der Waals surface area contributed by atoms with Crippen LogP contribution < -0.4 is 21.3 Å². The summed E-state index contributed by atoms with van der Waals surface area (Å²) in [6, 6.07) is 6.29. The Labute approximate surface area is 170 Å². The zero-order valence-corrected chi connectivity index (χ0v) is 16.5. The number of amides is 1. The van der Waals surface area contributed by atoms with Gasteiger partial charge in [-0.15, -0.1) is 0 Å². The van der Waals surface area contributed by atoms with Crippen molar-refractivity contribution in [1.29, 1.82) is 0 Å². The van der Waals surface area contributed by atoms with Crippen molar-refractivity contribution in [3.05, 3.63) is 30.1 Å². The molecule has 152 valence electrons. The van der Waals surface area contributed by atoms with Gasteiger partial charge in [-0.3, -0.25) is 4.79 Å². The second-order valence-electron chi connectivity index (χ2n) is 8.42. The summed E-state index contributed by atoms with van der Waals surface area (Å²) in [5, 5.41) is 6.39. The Morgan fingerprint density at radius 2 is 1.93 bits per heavy atom. The Bertz CT molecular complexity index is 917. The minimum Gasteiger partial charge on any atom is -0.341 e. The summed E-state index contributed by atoms with van der Waals surface area (Å²) >= 11 is 0. The van der Waals surface area contributed by atoms with Gasteiger partial charge >= 0.3 is 0 Å². The SMILES string of the molecule is NC1CCN(c2ncnc(Nc3ccc4c(c3)C3(CCCCC3)C(=O)N4)n2)CC1. The number of hydrogen-bond acceptors (Lipinski definition) is 7. The first-order valence-electron chi connectivity index (χ1n) is 10.6. The zero-order chi connectivity index (χ0) is 19.8. The lowest BCUT2D eigenvalue weighted by atomic mass is 9.70. The molecule has 1 amide bonds. The second-order valence-corrected chi connectivity index (χ2v) is 8.42. The predicted octanol–water partition coefficient (Wildman–Crippen LogP) is 2.70. The summed E-state index contributed by atoms with van der Waals surface area (Å²) in [7, 11) is 0. The molecule has 8 heteroatoms. The fraction of sp³-hybridized carbons (Fsp3) is 0.524. The third kappa shape index (κ3) is 3.31. The first kappa shape index (κ1) is 18.3. The third-order valence-corrected chi connectivity index (χ3v) is 6.56. The highest BCUT2D eigenvalue weighted by Crippen LogP contribution is 2.48. The molecule has 0 bridgehead atoms. The number of benzene rings is 1. The molecule has 29 heavy (non-hydrogen) atoms. The molecule has 8 nitrogen and oxygen atoms in total. The van der Waals surface area contributed by atoms with Crippen LogP contribution in [0.4, 0.5) is 23.3 Å². The van der Waals surface area contributed by atoms with Crippen LogP contribution in [0.15, 0.2) is 24.5 Å². The number of hydrogen-bond donors (Lipinski definition) is 3. The smallest absolute Gasteiger partial charge is 0.235 e. The third-order valence-electron chi connectivity index (χ3n) is 6.56. The standard InChI is InChI=1S/C21H27N7O/c22-14-6-10-28(11-7-14)20-24-13-23-19(27-20)25-15-4-5-17-16(12-15)21(18(29)26-17)8-2-1-3-9-21/h4-5,12-14H,1-3,6-11,22H2,(H,26,29)(H,23,24,25,27). The molecule has 3 heterocycles. The van der Waals surface area contributed by atoms with Gasteiger partial charge in [0.05, 0.1) is 5.41 Å². The summed E-state index contributed by atoms with van der Waals surface area (Å²) in [4.78, 5) is 28.1. The molecule has 1 saturated heterocycles. The van der Waals surface area contributed by atoms with Crippen molar-refractivity contribution >= 4 is 29.2 Å². The molecule has 1 aliphatic carbocycles. The minimum absolute atomic E-state index is 0.148. The van der Waals surface area contributed by atoms with E-state index in [-0.39, 0.29) is 17.4 Å². The monoisotopic (exact) mass is 393 g/mol. The summed E-state index contributed by atoms with van der Waals surface area (Å²) in [6.45, 7) is 1.72. The van der Waals surface area contributed by atoms with Gasteiger partial charge in [0.15, 0.2) is 0 Å². The normalized spacial score (nSPS) is 21.1. The van der Waals surface area contributed by atoms with Crippen LogP contribution in [-0.2, 0) is 10.2 Å². The fourth-order valence-corrected chi connectivity index (χ4v) is 4.87. The Hall–Kier alpha value is -2.74. The summed E-state index contributed by atoms with van der Waals surface area (Å²) in [5.74, 6) is 1.34. The molecule has 2 aliphatic heterocycles. The van der Waals surface area contributed by atoms with Crippen LogP contribution in [0, 0.1) is 0 Å². The van der Waals surface area contributed by atoms with Gasteiger partial charge < -0.3 is 21.3 Å². The second kappa shape index (κ2) is 7.26. The van der Waals surface area contributed by atoms with E-state index < -0.39 is 0 Å². The van der Waals surface area contributed by atoms with Crippen LogP contribution in [0.1, 0.15) is 50.5 Å². The number of fused-ring (bicyclic) bond motifs is 2. The van der Waals surface area contributed by atoms with Crippen LogP contribution in [-0.4, -0.2) is 40.0 Å². The predicted molar refractivity (Wildman–Crippen MR) is 112 cm³/mol. The molecule has 0 radical (unpaired) electrons. The summed E-state index contributed by atoms with van der Waals surface area (Å²) < 4.78 is 0. The minimum atomic E-state index is -0.373.